The third-order valence-electron chi connectivity index (χ3n) is 9.75. The van der Waals surface area contributed by atoms with E-state index in [1.807, 2.05) is 47.7 Å². The van der Waals surface area contributed by atoms with Crippen LogP contribution in [0.5, 0.6) is 0 Å². The van der Waals surface area contributed by atoms with Crippen LogP contribution < -0.4 is 0 Å². The van der Waals surface area contributed by atoms with Crippen molar-refractivity contribution in [1.29, 1.82) is 0 Å². The molecule has 10 aromatic rings. The number of nitrogens with zero attached hydrogens (tertiary/aromatic N) is 4. The van der Waals surface area contributed by atoms with E-state index in [9.17, 15) is 0 Å². The smallest absolute Gasteiger partial charge is 0.164 e. The molecule has 10 rings (SSSR count). The summed E-state index contributed by atoms with van der Waals surface area (Å²) in [5.41, 5.74) is 10.5. The minimum atomic E-state index is 0.635. The maximum atomic E-state index is 5.26. The SMILES string of the molecule is c1ccc(-c2ccc(-c3nc(-c4ccccc4)nc(-c4ccc(-c5ccc6nc(-c7ccccc7)c7c8ccccc8sc7c6c5)cc4)n3)cc2)cc1. The Bertz CT molecular complexity index is 2900. The predicted molar refractivity (Wildman–Crippen MR) is 221 cm³/mol. The van der Waals surface area contributed by atoms with Gasteiger partial charge in [0.2, 0.25) is 0 Å². The molecule has 0 aliphatic carbocycles. The lowest BCUT2D eigenvalue weighted by Crippen LogP contribution is -2.00. The Labute approximate surface area is 310 Å². The highest BCUT2D eigenvalue weighted by Crippen LogP contribution is 2.43. The Hall–Kier alpha value is -6.82. The third-order valence-corrected chi connectivity index (χ3v) is 11.0. The fourth-order valence-electron chi connectivity index (χ4n) is 7.05. The summed E-state index contributed by atoms with van der Waals surface area (Å²) in [5, 5.41) is 3.62. The van der Waals surface area contributed by atoms with E-state index < -0.39 is 0 Å². The normalized spacial score (nSPS) is 11.4. The van der Waals surface area contributed by atoms with Crippen LogP contribution in [-0.2, 0) is 0 Å². The molecule has 0 fully saturated rings. The molecule has 0 amide bonds. The first-order chi connectivity index (χ1) is 26.2. The predicted octanol–water partition coefficient (Wildman–Crippen LogP) is 12.8. The van der Waals surface area contributed by atoms with E-state index in [4.69, 9.17) is 19.9 Å². The minimum absolute atomic E-state index is 0.635. The van der Waals surface area contributed by atoms with Gasteiger partial charge >= 0.3 is 0 Å². The van der Waals surface area contributed by atoms with Crippen LogP contribution in [0.25, 0.3) is 98.7 Å². The van der Waals surface area contributed by atoms with Crippen molar-refractivity contribution >= 4 is 42.4 Å². The molecule has 3 heterocycles. The van der Waals surface area contributed by atoms with Crippen molar-refractivity contribution in [3.8, 4) is 67.7 Å². The van der Waals surface area contributed by atoms with Crippen LogP contribution in [0.4, 0.5) is 0 Å². The molecule has 0 saturated heterocycles. The first-order valence-electron chi connectivity index (χ1n) is 17.6. The highest BCUT2D eigenvalue weighted by atomic mass is 32.1. The molecular weight excluding hydrogens is 665 g/mol. The third kappa shape index (κ3) is 5.74. The van der Waals surface area contributed by atoms with E-state index in [0.29, 0.717) is 17.5 Å². The second-order valence-electron chi connectivity index (χ2n) is 13.1. The van der Waals surface area contributed by atoms with Gasteiger partial charge in [-0.1, -0.05) is 164 Å². The second-order valence-corrected chi connectivity index (χ2v) is 14.1. The molecule has 0 atom stereocenters. The van der Waals surface area contributed by atoms with E-state index in [-0.39, 0.29) is 0 Å². The minimum Gasteiger partial charge on any atom is -0.247 e. The molecule has 5 heteroatoms. The zero-order valence-electron chi connectivity index (χ0n) is 28.5. The highest BCUT2D eigenvalue weighted by Gasteiger charge is 2.17. The maximum absolute atomic E-state index is 5.26. The van der Waals surface area contributed by atoms with Gasteiger partial charge in [0.25, 0.3) is 0 Å². The van der Waals surface area contributed by atoms with Crippen molar-refractivity contribution in [2.24, 2.45) is 0 Å². The summed E-state index contributed by atoms with van der Waals surface area (Å²) in [5.74, 6) is 1.92. The number of rotatable bonds is 6. The number of hydrogen-bond donors (Lipinski definition) is 0. The summed E-state index contributed by atoms with van der Waals surface area (Å²) in [6, 6.07) is 63.2. The van der Waals surface area contributed by atoms with Crippen LogP contribution in [0.2, 0.25) is 0 Å². The van der Waals surface area contributed by atoms with E-state index in [1.165, 1.54) is 25.7 Å². The molecule has 0 radical (unpaired) electrons. The van der Waals surface area contributed by atoms with Crippen LogP contribution >= 0.6 is 11.3 Å². The second kappa shape index (κ2) is 13.1. The Morgan fingerprint density at radius 2 is 0.755 bits per heavy atom. The van der Waals surface area contributed by atoms with Gasteiger partial charge in [-0.05, 0) is 40.5 Å². The molecule has 0 bridgehead atoms. The summed E-state index contributed by atoms with van der Waals surface area (Å²) in [6.07, 6.45) is 0. The lowest BCUT2D eigenvalue weighted by atomic mass is 9.99. The van der Waals surface area contributed by atoms with Gasteiger partial charge in [-0.25, -0.2) is 19.9 Å². The molecule has 7 aromatic carbocycles. The Morgan fingerprint density at radius 3 is 1.36 bits per heavy atom. The van der Waals surface area contributed by atoms with E-state index in [0.717, 1.165) is 55.5 Å². The molecule has 0 saturated carbocycles. The van der Waals surface area contributed by atoms with Gasteiger partial charge in [-0.2, -0.15) is 0 Å². The first-order valence-corrected chi connectivity index (χ1v) is 18.5. The quantitative estimate of drug-likeness (QED) is 0.174. The largest absolute Gasteiger partial charge is 0.247 e. The number of pyridine rings is 1. The number of aromatic nitrogens is 4. The van der Waals surface area contributed by atoms with Gasteiger partial charge in [0.15, 0.2) is 17.5 Å². The lowest BCUT2D eigenvalue weighted by Gasteiger charge is -2.11. The van der Waals surface area contributed by atoms with Crippen molar-refractivity contribution in [2.45, 2.75) is 0 Å². The van der Waals surface area contributed by atoms with Crippen molar-refractivity contribution < 1.29 is 0 Å². The lowest BCUT2D eigenvalue weighted by molar-refractivity contribution is 1.07. The molecule has 4 nitrogen and oxygen atoms in total. The molecule has 0 spiro atoms. The van der Waals surface area contributed by atoms with Gasteiger partial charge in [0.1, 0.15) is 0 Å². The molecule has 0 N–H and O–H groups in total. The molecular formula is C48H30N4S. The number of hydrogen-bond acceptors (Lipinski definition) is 5. The maximum Gasteiger partial charge on any atom is 0.164 e. The average molecular weight is 695 g/mol. The molecule has 248 valence electrons. The number of thiophene rings is 1. The topological polar surface area (TPSA) is 51.6 Å². The van der Waals surface area contributed by atoms with Crippen molar-refractivity contribution in [2.75, 3.05) is 0 Å². The summed E-state index contributed by atoms with van der Waals surface area (Å²) in [4.78, 5) is 20.2. The van der Waals surface area contributed by atoms with Crippen LogP contribution in [0, 0.1) is 0 Å². The molecule has 0 unspecified atom stereocenters. The average Bonchev–Trinajstić information content (AvgIpc) is 3.64. The molecule has 0 aliphatic heterocycles. The Kier molecular flexibility index (Phi) is 7.63. The molecule has 3 aromatic heterocycles. The van der Waals surface area contributed by atoms with Crippen LogP contribution in [-0.4, -0.2) is 19.9 Å². The monoisotopic (exact) mass is 694 g/mol. The zero-order chi connectivity index (χ0) is 35.1. The van der Waals surface area contributed by atoms with Crippen molar-refractivity contribution in [3.63, 3.8) is 0 Å². The van der Waals surface area contributed by atoms with Crippen LogP contribution in [0.15, 0.2) is 182 Å². The Morgan fingerprint density at radius 1 is 0.321 bits per heavy atom. The standard InChI is InChI=1S/C48H30N4S/c1-4-12-31(13-5-1)32-20-24-36(25-21-32)47-50-46(35-16-8-3-9-17-35)51-48(52-47)37-26-22-33(23-27-37)38-28-29-41-40(30-38)45-43(39-18-10-11-19-42(39)53-45)44(49-41)34-14-6-2-7-15-34/h1-30H. The summed E-state index contributed by atoms with van der Waals surface area (Å²) >= 11 is 1.84. The van der Waals surface area contributed by atoms with Crippen molar-refractivity contribution in [3.05, 3.63) is 182 Å². The fraction of sp³-hybridized carbons (Fsp3) is 0. The highest BCUT2D eigenvalue weighted by molar-refractivity contribution is 7.26. The Balaban J connectivity index is 1.05. The van der Waals surface area contributed by atoms with E-state index in [2.05, 4.69) is 146 Å². The van der Waals surface area contributed by atoms with Gasteiger partial charge in [-0.3, -0.25) is 0 Å². The van der Waals surface area contributed by atoms with Gasteiger partial charge in [-0.15, -0.1) is 11.3 Å². The van der Waals surface area contributed by atoms with Crippen LogP contribution in [0.1, 0.15) is 0 Å². The zero-order valence-corrected chi connectivity index (χ0v) is 29.3. The van der Waals surface area contributed by atoms with Gasteiger partial charge in [0, 0.05) is 47.8 Å². The summed E-state index contributed by atoms with van der Waals surface area (Å²) in [6.45, 7) is 0. The molecule has 53 heavy (non-hydrogen) atoms. The van der Waals surface area contributed by atoms with E-state index in [1.54, 1.807) is 0 Å². The van der Waals surface area contributed by atoms with Gasteiger partial charge < -0.3 is 0 Å². The molecule has 0 aliphatic rings. The van der Waals surface area contributed by atoms with Crippen molar-refractivity contribution in [1.82, 2.24) is 19.9 Å². The number of fused-ring (bicyclic) bond motifs is 5. The van der Waals surface area contributed by atoms with Gasteiger partial charge in [0.05, 0.1) is 11.2 Å². The first kappa shape index (κ1) is 31.0. The summed E-state index contributed by atoms with van der Waals surface area (Å²) in [7, 11) is 0. The number of benzene rings is 7. The van der Waals surface area contributed by atoms with E-state index >= 15 is 0 Å². The van der Waals surface area contributed by atoms with Crippen LogP contribution in [0.3, 0.4) is 0 Å². The summed E-state index contributed by atoms with van der Waals surface area (Å²) < 4.78 is 2.53. The fourth-order valence-corrected chi connectivity index (χ4v) is 8.28.